The second kappa shape index (κ2) is 11.4. The number of amides is 2. The largest absolute Gasteiger partial charge is 0.497 e. The molecule has 1 saturated carbocycles. The van der Waals surface area contributed by atoms with Gasteiger partial charge in [0.15, 0.2) is 0 Å². The average molecular weight is 490 g/mol. The first-order valence-electron chi connectivity index (χ1n) is 11.8. The third kappa shape index (κ3) is 6.18. The second-order valence-corrected chi connectivity index (χ2v) is 8.56. The maximum atomic E-state index is 13.1. The lowest BCUT2D eigenvalue weighted by Crippen LogP contribution is -2.41. The summed E-state index contributed by atoms with van der Waals surface area (Å²) in [5, 5.41) is 16.8. The maximum absolute atomic E-state index is 13.1. The summed E-state index contributed by atoms with van der Waals surface area (Å²) in [5.41, 5.74) is 0.879. The maximum Gasteiger partial charge on any atom is 0.270 e. The quantitative estimate of drug-likeness (QED) is 0.258. The van der Waals surface area contributed by atoms with Gasteiger partial charge in [-0.2, -0.15) is 0 Å². The van der Waals surface area contributed by atoms with Crippen molar-refractivity contribution in [3.8, 4) is 17.1 Å². The Morgan fingerprint density at radius 1 is 1.06 bits per heavy atom. The number of carbonyl (C=O) groups excluding carboxylic acids is 2. The van der Waals surface area contributed by atoms with E-state index in [9.17, 15) is 19.7 Å². The van der Waals surface area contributed by atoms with E-state index in [0.717, 1.165) is 32.1 Å². The Balaban J connectivity index is 1.59. The Bertz CT molecular complexity index is 1270. The van der Waals surface area contributed by atoms with Gasteiger partial charge in [0.1, 0.15) is 23.0 Å². The van der Waals surface area contributed by atoms with Crippen LogP contribution in [0.5, 0.6) is 5.75 Å². The van der Waals surface area contributed by atoms with Gasteiger partial charge in [0.25, 0.3) is 17.5 Å². The fourth-order valence-electron chi connectivity index (χ4n) is 4.11. The zero-order valence-electron chi connectivity index (χ0n) is 19.9. The van der Waals surface area contributed by atoms with E-state index >= 15 is 0 Å². The van der Waals surface area contributed by atoms with Gasteiger partial charge in [-0.3, -0.25) is 19.7 Å². The molecule has 0 saturated heterocycles. The second-order valence-electron chi connectivity index (χ2n) is 8.56. The van der Waals surface area contributed by atoms with Crippen LogP contribution in [0.2, 0.25) is 0 Å². The Morgan fingerprint density at radius 3 is 2.50 bits per heavy atom. The summed E-state index contributed by atoms with van der Waals surface area (Å²) in [5.74, 6) is 0.477. The molecule has 2 amide bonds. The molecule has 2 N–H and O–H groups in total. The monoisotopic (exact) mass is 489 g/mol. The minimum atomic E-state index is -0.477. The third-order valence-electron chi connectivity index (χ3n) is 6.04. The SMILES string of the molecule is COc1ccc(C(=O)N/C(=C/c2ccc(-c3cccc([N+](=O)[O-])c3)o2)C(=O)NC2CCCCC2)cc1. The third-order valence-corrected chi connectivity index (χ3v) is 6.04. The van der Waals surface area contributed by atoms with Crippen LogP contribution in [0.3, 0.4) is 0 Å². The van der Waals surface area contributed by atoms with Crippen LogP contribution in [-0.2, 0) is 4.79 Å². The highest BCUT2D eigenvalue weighted by Crippen LogP contribution is 2.27. The number of hydrogen-bond acceptors (Lipinski definition) is 6. The van der Waals surface area contributed by atoms with Gasteiger partial charge in [-0.05, 0) is 49.2 Å². The summed E-state index contributed by atoms with van der Waals surface area (Å²) in [4.78, 5) is 36.7. The molecule has 0 spiro atoms. The summed E-state index contributed by atoms with van der Waals surface area (Å²) in [6.45, 7) is 0. The number of nitrogens with one attached hydrogen (secondary N) is 2. The average Bonchev–Trinajstić information content (AvgIpc) is 3.37. The van der Waals surface area contributed by atoms with Crippen molar-refractivity contribution in [2.75, 3.05) is 7.11 Å². The van der Waals surface area contributed by atoms with E-state index in [1.54, 1.807) is 48.5 Å². The first-order chi connectivity index (χ1) is 17.4. The number of rotatable bonds is 8. The van der Waals surface area contributed by atoms with Gasteiger partial charge in [-0.15, -0.1) is 0 Å². The first-order valence-corrected chi connectivity index (χ1v) is 11.8. The zero-order valence-corrected chi connectivity index (χ0v) is 19.9. The molecule has 0 aliphatic heterocycles. The van der Waals surface area contributed by atoms with Crippen molar-refractivity contribution < 1.29 is 23.7 Å². The number of nitrogens with zero attached hydrogens (tertiary/aromatic N) is 1. The lowest BCUT2D eigenvalue weighted by molar-refractivity contribution is -0.384. The number of benzene rings is 2. The molecule has 1 heterocycles. The number of hydrogen-bond donors (Lipinski definition) is 2. The molecule has 36 heavy (non-hydrogen) atoms. The van der Waals surface area contributed by atoms with Crippen molar-refractivity contribution in [3.05, 3.63) is 87.8 Å². The molecule has 1 fully saturated rings. The summed E-state index contributed by atoms with van der Waals surface area (Å²) in [6.07, 6.45) is 6.49. The number of furan rings is 1. The summed E-state index contributed by atoms with van der Waals surface area (Å²) < 4.78 is 11.0. The zero-order chi connectivity index (χ0) is 25.5. The van der Waals surface area contributed by atoms with Gasteiger partial charge >= 0.3 is 0 Å². The Labute approximate surface area is 208 Å². The van der Waals surface area contributed by atoms with Gasteiger partial charge in [-0.25, -0.2) is 0 Å². The molecular weight excluding hydrogens is 462 g/mol. The number of non-ortho nitro benzene ring substituents is 1. The molecule has 9 heteroatoms. The van der Waals surface area contributed by atoms with Crippen LogP contribution in [-0.4, -0.2) is 29.9 Å². The lowest BCUT2D eigenvalue weighted by Gasteiger charge is -2.23. The molecule has 1 aromatic heterocycles. The molecule has 1 aliphatic carbocycles. The van der Waals surface area contributed by atoms with Gasteiger partial charge < -0.3 is 19.8 Å². The van der Waals surface area contributed by atoms with E-state index in [0.29, 0.717) is 28.4 Å². The van der Waals surface area contributed by atoms with Crippen LogP contribution < -0.4 is 15.4 Å². The van der Waals surface area contributed by atoms with Crippen molar-refractivity contribution in [1.29, 1.82) is 0 Å². The highest BCUT2D eigenvalue weighted by molar-refractivity contribution is 6.05. The van der Waals surface area contributed by atoms with E-state index in [1.165, 1.54) is 25.3 Å². The Kier molecular flexibility index (Phi) is 7.79. The van der Waals surface area contributed by atoms with Crippen molar-refractivity contribution >= 4 is 23.6 Å². The predicted octanol–water partition coefficient (Wildman–Crippen LogP) is 5.08. The van der Waals surface area contributed by atoms with Gasteiger partial charge in [0.05, 0.1) is 12.0 Å². The van der Waals surface area contributed by atoms with Gasteiger partial charge in [0, 0.05) is 35.4 Å². The summed E-state index contributed by atoms with van der Waals surface area (Å²) in [7, 11) is 1.54. The standard InChI is InChI=1S/C27H27N3O6/c1-35-22-12-10-18(11-13-22)26(31)29-24(27(32)28-20-7-3-2-4-8-20)17-23-14-15-25(36-23)19-6-5-9-21(16-19)30(33)34/h5-6,9-17,20H,2-4,7-8H2,1H3,(H,28,32)(H,29,31)/b24-17+. The minimum absolute atomic E-state index is 0.0429. The molecule has 2 aromatic carbocycles. The number of carbonyl (C=O) groups is 2. The molecule has 0 radical (unpaired) electrons. The molecule has 1 aliphatic rings. The molecule has 0 unspecified atom stereocenters. The van der Waals surface area contributed by atoms with Crippen molar-refractivity contribution in [2.24, 2.45) is 0 Å². The number of methoxy groups -OCH3 is 1. The molecule has 186 valence electrons. The van der Waals surface area contributed by atoms with E-state index < -0.39 is 16.7 Å². The van der Waals surface area contributed by atoms with E-state index in [-0.39, 0.29) is 17.4 Å². The fourth-order valence-corrected chi connectivity index (χ4v) is 4.11. The molecule has 9 nitrogen and oxygen atoms in total. The molecular formula is C27H27N3O6. The highest BCUT2D eigenvalue weighted by Gasteiger charge is 2.21. The number of ether oxygens (including phenoxy) is 1. The number of nitro benzene ring substituents is 1. The van der Waals surface area contributed by atoms with Crippen LogP contribution in [0.1, 0.15) is 48.2 Å². The van der Waals surface area contributed by atoms with Crippen LogP contribution in [0, 0.1) is 10.1 Å². The molecule has 4 rings (SSSR count). The van der Waals surface area contributed by atoms with Crippen LogP contribution >= 0.6 is 0 Å². The van der Waals surface area contributed by atoms with Crippen LogP contribution in [0.25, 0.3) is 17.4 Å². The predicted molar refractivity (Wildman–Crippen MR) is 134 cm³/mol. The van der Waals surface area contributed by atoms with Gasteiger partial charge in [-0.1, -0.05) is 31.4 Å². The van der Waals surface area contributed by atoms with E-state index in [4.69, 9.17) is 9.15 Å². The molecule has 0 bridgehead atoms. The Morgan fingerprint density at radius 2 is 1.81 bits per heavy atom. The fraction of sp³-hybridized carbons (Fsp3) is 0.259. The molecule has 3 aromatic rings. The lowest BCUT2D eigenvalue weighted by atomic mass is 9.95. The van der Waals surface area contributed by atoms with Crippen LogP contribution in [0.15, 0.2) is 70.8 Å². The summed E-state index contributed by atoms with van der Waals surface area (Å²) >= 11 is 0. The normalized spacial score (nSPS) is 14.2. The highest BCUT2D eigenvalue weighted by atomic mass is 16.6. The smallest absolute Gasteiger partial charge is 0.270 e. The van der Waals surface area contributed by atoms with E-state index in [2.05, 4.69) is 10.6 Å². The first kappa shape index (κ1) is 24.7. The Hall–Kier alpha value is -4.40. The van der Waals surface area contributed by atoms with Crippen molar-refractivity contribution in [2.45, 2.75) is 38.1 Å². The number of nitro groups is 1. The van der Waals surface area contributed by atoms with E-state index in [1.807, 2.05) is 0 Å². The van der Waals surface area contributed by atoms with Crippen molar-refractivity contribution in [1.82, 2.24) is 10.6 Å². The summed E-state index contributed by atoms with van der Waals surface area (Å²) in [6, 6.07) is 16.0. The topological polar surface area (TPSA) is 124 Å². The minimum Gasteiger partial charge on any atom is -0.497 e. The van der Waals surface area contributed by atoms with Crippen molar-refractivity contribution in [3.63, 3.8) is 0 Å². The van der Waals surface area contributed by atoms with Crippen LogP contribution in [0.4, 0.5) is 5.69 Å². The molecule has 0 atom stereocenters. The van der Waals surface area contributed by atoms with Gasteiger partial charge in [0.2, 0.25) is 0 Å².